The molecule has 0 radical (unpaired) electrons. The monoisotopic (exact) mass is 264 g/mol. The zero-order valence-electron chi connectivity index (χ0n) is 10.2. The Morgan fingerprint density at radius 1 is 1.53 bits per heavy atom. The zero-order valence-corrected chi connectivity index (χ0v) is 11.0. The van der Waals surface area contributed by atoms with E-state index in [1.165, 1.54) is 4.31 Å². The lowest BCUT2D eigenvalue weighted by molar-refractivity contribution is -0.143. The summed E-state index contributed by atoms with van der Waals surface area (Å²) in [5.41, 5.74) is 0. The van der Waals surface area contributed by atoms with Crippen LogP contribution in [0.5, 0.6) is 0 Å². The average Bonchev–Trinajstić information content (AvgIpc) is 2.25. The van der Waals surface area contributed by atoms with Gasteiger partial charge in [0.05, 0.1) is 5.92 Å². The summed E-state index contributed by atoms with van der Waals surface area (Å²) in [6.07, 6.45) is 1.49. The van der Waals surface area contributed by atoms with Crippen molar-refractivity contribution < 1.29 is 18.3 Å². The summed E-state index contributed by atoms with van der Waals surface area (Å²) in [6, 6.07) is -0.265. The number of piperidine rings is 1. The van der Waals surface area contributed by atoms with Crippen LogP contribution in [0.15, 0.2) is 0 Å². The summed E-state index contributed by atoms with van der Waals surface area (Å²) in [6.45, 7) is 4.33. The lowest BCUT2D eigenvalue weighted by atomic mass is 9.93. The molecule has 2 unspecified atom stereocenters. The van der Waals surface area contributed by atoms with Gasteiger partial charge >= 0.3 is 5.97 Å². The predicted molar refractivity (Wildman–Crippen MR) is 63.7 cm³/mol. The van der Waals surface area contributed by atoms with E-state index in [9.17, 15) is 13.2 Å². The van der Waals surface area contributed by atoms with E-state index in [2.05, 4.69) is 4.72 Å². The summed E-state index contributed by atoms with van der Waals surface area (Å²) in [4.78, 5) is 10.8. The first-order chi connectivity index (χ1) is 7.88. The average molecular weight is 264 g/mol. The second-order valence-corrected chi connectivity index (χ2v) is 6.13. The predicted octanol–water partition coefficient (Wildman–Crippen LogP) is 0.416. The fourth-order valence-electron chi connectivity index (χ4n) is 2.05. The lowest BCUT2D eigenvalue weighted by Crippen LogP contribution is -2.50. The molecule has 1 rings (SSSR count). The van der Waals surface area contributed by atoms with E-state index in [4.69, 9.17) is 5.11 Å². The van der Waals surface area contributed by atoms with E-state index in [1.807, 2.05) is 6.92 Å². The molecule has 0 aromatic carbocycles. The van der Waals surface area contributed by atoms with Gasteiger partial charge in [-0.1, -0.05) is 6.92 Å². The minimum Gasteiger partial charge on any atom is -0.481 e. The van der Waals surface area contributed by atoms with Gasteiger partial charge in [0.1, 0.15) is 0 Å². The Labute approximate surface area is 102 Å². The Kier molecular flexibility index (Phi) is 4.91. The van der Waals surface area contributed by atoms with Crippen LogP contribution in [-0.2, 0) is 15.0 Å². The maximum absolute atomic E-state index is 11.9. The highest BCUT2D eigenvalue weighted by Crippen LogP contribution is 2.24. The van der Waals surface area contributed by atoms with Crippen LogP contribution in [-0.4, -0.2) is 42.9 Å². The van der Waals surface area contributed by atoms with Crippen LogP contribution < -0.4 is 4.72 Å². The van der Waals surface area contributed by atoms with Gasteiger partial charge in [-0.3, -0.25) is 4.79 Å². The minimum absolute atomic E-state index is 0.265. The molecule has 1 heterocycles. The van der Waals surface area contributed by atoms with Crippen molar-refractivity contribution in [2.75, 3.05) is 13.1 Å². The van der Waals surface area contributed by atoms with Crippen LogP contribution in [0.3, 0.4) is 0 Å². The highest BCUT2D eigenvalue weighted by Gasteiger charge is 2.35. The van der Waals surface area contributed by atoms with Crippen molar-refractivity contribution in [3.05, 3.63) is 0 Å². The first-order valence-electron chi connectivity index (χ1n) is 5.87. The molecule has 0 saturated carbocycles. The quantitative estimate of drug-likeness (QED) is 0.753. The Hall–Kier alpha value is -0.660. The maximum atomic E-state index is 11.9. The third-order valence-electron chi connectivity index (χ3n) is 3.01. The third-order valence-corrected chi connectivity index (χ3v) is 4.74. The molecular weight excluding hydrogens is 244 g/mol. The normalized spacial score (nSPS) is 26.9. The fourth-order valence-corrected chi connectivity index (χ4v) is 3.58. The number of rotatable bonds is 5. The Morgan fingerprint density at radius 2 is 2.18 bits per heavy atom. The van der Waals surface area contributed by atoms with Crippen LogP contribution in [0.4, 0.5) is 0 Å². The molecule has 1 aliphatic rings. The lowest BCUT2D eigenvalue weighted by Gasteiger charge is -2.35. The number of carboxylic acid groups (broad SMARTS) is 1. The molecule has 0 aromatic heterocycles. The third kappa shape index (κ3) is 3.65. The molecule has 1 saturated heterocycles. The van der Waals surface area contributed by atoms with E-state index in [1.54, 1.807) is 6.92 Å². The van der Waals surface area contributed by atoms with Gasteiger partial charge in [0.25, 0.3) is 10.2 Å². The van der Waals surface area contributed by atoms with Crippen LogP contribution in [0.1, 0.15) is 33.1 Å². The van der Waals surface area contributed by atoms with Gasteiger partial charge in [0.15, 0.2) is 0 Å². The summed E-state index contributed by atoms with van der Waals surface area (Å²) in [7, 11) is -3.45. The highest BCUT2D eigenvalue weighted by molar-refractivity contribution is 7.87. The van der Waals surface area contributed by atoms with Gasteiger partial charge in [-0.25, -0.2) is 4.72 Å². The minimum atomic E-state index is -3.45. The van der Waals surface area contributed by atoms with E-state index >= 15 is 0 Å². The molecule has 0 aromatic rings. The number of hydrogen-bond acceptors (Lipinski definition) is 3. The van der Waals surface area contributed by atoms with Crippen LogP contribution in [0.2, 0.25) is 0 Å². The molecule has 100 valence electrons. The van der Waals surface area contributed by atoms with Crippen molar-refractivity contribution in [2.45, 2.75) is 39.2 Å². The van der Waals surface area contributed by atoms with Gasteiger partial charge in [-0.15, -0.1) is 0 Å². The molecule has 0 aliphatic carbocycles. The molecular formula is C10H20N2O4S. The molecule has 6 nitrogen and oxygen atoms in total. The number of nitrogens with zero attached hydrogens (tertiary/aromatic N) is 1. The van der Waals surface area contributed by atoms with Crippen LogP contribution in [0, 0.1) is 5.92 Å². The first kappa shape index (κ1) is 14.4. The van der Waals surface area contributed by atoms with Crippen molar-refractivity contribution in [3.8, 4) is 0 Å². The number of carboxylic acids is 1. The largest absolute Gasteiger partial charge is 0.481 e. The van der Waals surface area contributed by atoms with E-state index < -0.39 is 22.1 Å². The molecule has 0 spiro atoms. The number of carbonyl (C=O) groups is 1. The summed E-state index contributed by atoms with van der Waals surface area (Å²) in [5.74, 6) is -1.27. The van der Waals surface area contributed by atoms with E-state index in [0.717, 1.165) is 6.42 Å². The van der Waals surface area contributed by atoms with Crippen molar-refractivity contribution in [3.63, 3.8) is 0 Å². The molecule has 0 amide bonds. The van der Waals surface area contributed by atoms with Crippen molar-refractivity contribution in [2.24, 2.45) is 5.92 Å². The van der Waals surface area contributed by atoms with E-state index in [-0.39, 0.29) is 12.6 Å². The topological polar surface area (TPSA) is 86.7 Å². The highest BCUT2D eigenvalue weighted by atomic mass is 32.2. The summed E-state index contributed by atoms with van der Waals surface area (Å²) in [5, 5.41) is 8.90. The fraction of sp³-hybridized carbons (Fsp3) is 0.900. The number of nitrogens with one attached hydrogen (secondary N) is 1. The second-order valence-electron chi connectivity index (χ2n) is 4.42. The molecule has 17 heavy (non-hydrogen) atoms. The molecule has 2 N–H and O–H groups in total. The van der Waals surface area contributed by atoms with Crippen molar-refractivity contribution in [1.29, 1.82) is 0 Å². The summed E-state index contributed by atoms with van der Waals surface area (Å²) >= 11 is 0. The molecule has 2 atom stereocenters. The van der Waals surface area contributed by atoms with Gasteiger partial charge in [0, 0.05) is 19.1 Å². The van der Waals surface area contributed by atoms with Crippen LogP contribution in [0.25, 0.3) is 0 Å². The molecule has 7 heteroatoms. The standard InChI is InChI=1S/C10H20N2O4S/c1-3-5-11-17(15,16)12-6-4-9(10(13)14)7-8(12)2/h8-9,11H,3-7H2,1-2H3,(H,13,14). The molecule has 0 bridgehead atoms. The Bertz CT molecular complexity index is 369. The number of hydrogen-bond donors (Lipinski definition) is 2. The second kappa shape index (κ2) is 5.79. The van der Waals surface area contributed by atoms with Crippen molar-refractivity contribution >= 4 is 16.2 Å². The molecule has 1 aliphatic heterocycles. The van der Waals surface area contributed by atoms with Gasteiger partial charge < -0.3 is 5.11 Å². The SMILES string of the molecule is CCCNS(=O)(=O)N1CCC(C(=O)O)CC1C. The molecule has 1 fully saturated rings. The van der Waals surface area contributed by atoms with Gasteiger partial charge in [-0.2, -0.15) is 12.7 Å². The summed E-state index contributed by atoms with van der Waals surface area (Å²) < 4.78 is 27.7. The van der Waals surface area contributed by atoms with Crippen LogP contribution >= 0.6 is 0 Å². The Balaban J connectivity index is 2.66. The first-order valence-corrected chi connectivity index (χ1v) is 7.31. The Morgan fingerprint density at radius 3 is 2.65 bits per heavy atom. The van der Waals surface area contributed by atoms with Gasteiger partial charge in [0.2, 0.25) is 0 Å². The number of aliphatic carboxylic acids is 1. The smallest absolute Gasteiger partial charge is 0.306 e. The zero-order chi connectivity index (χ0) is 13.1. The van der Waals surface area contributed by atoms with Crippen molar-refractivity contribution in [1.82, 2.24) is 9.03 Å². The maximum Gasteiger partial charge on any atom is 0.306 e. The van der Waals surface area contributed by atoms with E-state index in [0.29, 0.717) is 19.4 Å². The van der Waals surface area contributed by atoms with Gasteiger partial charge in [-0.05, 0) is 26.2 Å².